The van der Waals surface area contributed by atoms with Crippen LogP contribution in [0.4, 0.5) is 0 Å². The number of hydrogen-bond acceptors (Lipinski definition) is 5. The Morgan fingerprint density at radius 3 is 2.69 bits per heavy atom. The van der Waals surface area contributed by atoms with Crippen molar-refractivity contribution in [2.24, 2.45) is 18.0 Å². The Labute approximate surface area is 208 Å². The van der Waals surface area contributed by atoms with E-state index >= 15 is 0 Å². The van der Waals surface area contributed by atoms with Gasteiger partial charge in [-0.25, -0.2) is 4.99 Å². The van der Waals surface area contributed by atoms with Crippen LogP contribution in [0.1, 0.15) is 48.1 Å². The molecule has 1 aliphatic rings. The maximum absolute atomic E-state index is 6.17. The summed E-state index contributed by atoms with van der Waals surface area (Å²) >= 11 is 0. The van der Waals surface area contributed by atoms with Gasteiger partial charge in [0.05, 0.1) is 6.10 Å². The minimum Gasteiger partial charge on any atom is -0.385 e. The average Bonchev–Trinajstić information content (AvgIpc) is 3.11. The number of halogens is 1. The molecule has 0 saturated carbocycles. The molecule has 1 aromatic heterocycles. The lowest BCUT2D eigenvalue weighted by atomic mass is 9.89. The molecule has 0 radical (unpaired) electrons. The van der Waals surface area contributed by atoms with Gasteiger partial charge < -0.3 is 24.7 Å². The molecule has 2 aromatic rings. The second-order valence-electron chi connectivity index (χ2n) is 8.15. The first kappa shape index (κ1) is 26.5. The van der Waals surface area contributed by atoms with Crippen molar-refractivity contribution in [2.75, 3.05) is 33.4 Å². The summed E-state index contributed by atoms with van der Waals surface area (Å²) < 4.78 is 13.3. The molecule has 0 bridgehead atoms. The number of aromatic nitrogens is 3. The van der Waals surface area contributed by atoms with E-state index in [4.69, 9.17) is 14.5 Å². The zero-order valence-corrected chi connectivity index (χ0v) is 22.0. The van der Waals surface area contributed by atoms with E-state index < -0.39 is 0 Å². The maximum Gasteiger partial charge on any atom is 0.191 e. The summed E-state index contributed by atoms with van der Waals surface area (Å²) in [5.74, 6) is 2.89. The quantitative estimate of drug-likeness (QED) is 0.214. The highest BCUT2D eigenvalue weighted by molar-refractivity contribution is 14.0. The number of aryl methyl sites for hydroxylation is 2. The molecule has 2 heterocycles. The molecular formula is C23H37IN6O2. The number of nitrogens with zero attached hydrogens (tertiary/aromatic N) is 4. The van der Waals surface area contributed by atoms with Crippen LogP contribution >= 0.6 is 24.0 Å². The molecule has 2 atom stereocenters. The third-order valence-corrected chi connectivity index (χ3v) is 5.76. The molecule has 1 aliphatic heterocycles. The van der Waals surface area contributed by atoms with E-state index in [-0.39, 0.29) is 30.1 Å². The lowest BCUT2D eigenvalue weighted by Crippen LogP contribution is -2.42. The molecule has 8 nitrogen and oxygen atoms in total. The molecule has 3 rings (SSSR count). The topological polar surface area (TPSA) is 85.6 Å². The first-order valence-corrected chi connectivity index (χ1v) is 11.1. The number of methoxy groups -OCH3 is 1. The number of aliphatic imine (C=N–C) groups is 1. The second kappa shape index (κ2) is 13.7. The fourth-order valence-electron chi connectivity index (χ4n) is 3.74. The van der Waals surface area contributed by atoms with E-state index in [0.717, 1.165) is 56.6 Å². The molecule has 0 spiro atoms. The first-order valence-electron chi connectivity index (χ1n) is 11.1. The van der Waals surface area contributed by atoms with Gasteiger partial charge in [-0.1, -0.05) is 29.8 Å². The monoisotopic (exact) mass is 556 g/mol. The van der Waals surface area contributed by atoms with Crippen LogP contribution in [-0.4, -0.2) is 54.1 Å². The summed E-state index contributed by atoms with van der Waals surface area (Å²) in [6.07, 6.45) is 3.24. The number of rotatable bonds is 9. The Bertz CT molecular complexity index is 840. The number of nitrogens with one attached hydrogen (secondary N) is 2. The van der Waals surface area contributed by atoms with Crippen molar-refractivity contribution in [3.8, 4) is 0 Å². The molecule has 1 fully saturated rings. The summed E-state index contributed by atoms with van der Waals surface area (Å²) in [6.45, 7) is 7.65. The minimum absolute atomic E-state index is 0. The highest BCUT2D eigenvalue weighted by Gasteiger charge is 2.27. The molecule has 2 N–H and O–H groups in total. The van der Waals surface area contributed by atoms with Gasteiger partial charge in [0.25, 0.3) is 0 Å². The third kappa shape index (κ3) is 7.70. The van der Waals surface area contributed by atoms with Crippen LogP contribution in [0, 0.1) is 19.8 Å². The van der Waals surface area contributed by atoms with E-state index in [0.29, 0.717) is 19.1 Å². The van der Waals surface area contributed by atoms with E-state index in [1.807, 2.05) is 18.5 Å². The van der Waals surface area contributed by atoms with Crippen LogP contribution in [0.3, 0.4) is 0 Å². The van der Waals surface area contributed by atoms with Crippen molar-refractivity contribution in [1.29, 1.82) is 0 Å². The van der Waals surface area contributed by atoms with Gasteiger partial charge in [0.1, 0.15) is 12.4 Å². The molecular weight excluding hydrogens is 519 g/mol. The predicted molar refractivity (Wildman–Crippen MR) is 137 cm³/mol. The fraction of sp³-hybridized carbons (Fsp3) is 0.609. The maximum atomic E-state index is 6.17. The van der Waals surface area contributed by atoms with Crippen molar-refractivity contribution >= 4 is 29.9 Å². The lowest BCUT2D eigenvalue weighted by molar-refractivity contribution is -0.0265. The fourth-order valence-corrected chi connectivity index (χ4v) is 3.74. The van der Waals surface area contributed by atoms with Gasteiger partial charge in [0, 0.05) is 46.4 Å². The van der Waals surface area contributed by atoms with Crippen molar-refractivity contribution in [3.63, 3.8) is 0 Å². The molecule has 1 aromatic carbocycles. The summed E-state index contributed by atoms with van der Waals surface area (Å²) in [4.78, 5) is 4.75. The number of hydrogen-bond donors (Lipinski definition) is 2. The van der Waals surface area contributed by atoms with Gasteiger partial charge >= 0.3 is 0 Å². The first-order chi connectivity index (χ1) is 15.1. The van der Waals surface area contributed by atoms with Gasteiger partial charge in [-0.3, -0.25) is 0 Å². The second-order valence-corrected chi connectivity index (χ2v) is 8.15. The molecule has 178 valence electrons. The van der Waals surface area contributed by atoms with Crippen LogP contribution in [0.2, 0.25) is 0 Å². The predicted octanol–water partition coefficient (Wildman–Crippen LogP) is 3.29. The van der Waals surface area contributed by atoms with Crippen LogP contribution < -0.4 is 10.6 Å². The van der Waals surface area contributed by atoms with Gasteiger partial charge in [-0.05, 0) is 38.7 Å². The SMILES string of the molecule is COCCCNC(=NCc1nnc(C)n1C)NCC1CCCOC1c1ccc(C)cc1.I. The van der Waals surface area contributed by atoms with Gasteiger partial charge in [0.2, 0.25) is 0 Å². The van der Waals surface area contributed by atoms with Gasteiger partial charge in [0.15, 0.2) is 11.8 Å². The minimum atomic E-state index is 0. The Balaban J connectivity index is 0.00000363. The van der Waals surface area contributed by atoms with E-state index in [2.05, 4.69) is 52.0 Å². The Hall–Kier alpha value is -1.72. The third-order valence-electron chi connectivity index (χ3n) is 5.76. The van der Waals surface area contributed by atoms with Crippen molar-refractivity contribution in [2.45, 2.75) is 45.8 Å². The van der Waals surface area contributed by atoms with Crippen molar-refractivity contribution < 1.29 is 9.47 Å². The molecule has 2 unspecified atom stereocenters. The molecule has 0 aliphatic carbocycles. The smallest absolute Gasteiger partial charge is 0.191 e. The van der Waals surface area contributed by atoms with Crippen molar-refractivity contribution in [3.05, 3.63) is 47.0 Å². The Kier molecular flexibility index (Phi) is 11.4. The van der Waals surface area contributed by atoms with Crippen LogP contribution in [-0.2, 0) is 23.1 Å². The van der Waals surface area contributed by atoms with E-state index in [1.165, 1.54) is 11.1 Å². The van der Waals surface area contributed by atoms with Gasteiger partial charge in [-0.15, -0.1) is 34.2 Å². The largest absolute Gasteiger partial charge is 0.385 e. The van der Waals surface area contributed by atoms with Crippen LogP contribution in [0.5, 0.6) is 0 Å². The average molecular weight is 556 g/mol. The highest BCUT2D eigenvalue weighted by atomic mass is 127. The highest BCUT2D eigenvalue weighted by Crippen LogP contribution is 2.33. The normalized spacial score (nSPS) is 18.8. The Morgan fingerprint density at radius 1 is 1.22 bits per heavy atom. The number of benzene rings is 1. The van der Waals surface area contributed by atoms with Crippen LogP contribution in [0.25, 0.3) is 0 Å². The van der Waals surface area contributed by atoms with E-state index in [1.54, 1.807) is 7.11 Å². The summed E-state index contributed by atoms with van der Waals surface area (Å²) in [5.41, 5.74) is 2.51. The summed E-state index contributed by atoms with van der Waals surface area (Å²) in [7, 11) is 3.68. The van der Waals surface area contributed by atoms with E-state index in [9.17, 15) is 0 Å². The van der Waals surface area contributed by atoms with Crippen molar-refractivity contribution in [1.82, 2.24) is 25.4 Å². The molecule has 1 saturated heterocycles. The molecule has 9 heteroatoms. The summed E-state index contributed by atoms with van der Waals surface area (Å²) in [5, 5.41) is 15.3. The standard InChI is InChI=1S/C23H36N6O2.HI/c1-17-8-10-19(11-9-17)22-20(7-5-14-31-22)15-25-23(24-12-6-13-30-4)26-16-21-28-27-18(2)29(21)3;/h8-11,20,22H,5-7,12-16H2,1-4H3,(H2,24,25,26);1H. The lowest BCUT2D eigenvalue weighted by Gasteiger charge is -2.32. The molecule has 0 amide bonds. The van der Waals surface area contributed by atoms with Gasteiger partial charge in [-0.2, -0.15) is 0 Å². The molecule has 32 heavy (non-hydrogen) atoms. The zero-order chi connectivity index (χ0) is 22.1. The summed E-state index contributed by atoms with van der Waals surface area (Å²) in [6, 6.07) is 8.69. The Morgan fingerprint density at radius 2 is 2.00 bits per heavy atom. The number of guanidine groups is 1. The number of ether oxygens (including phenoxy) is 2. The van der Waals surface area contributed by atoms with Crippen LogP contribution in [0.15, 0.2) is 29.3 Å². The zero-order valence-electron chi connectivity index (χ0n) is 19.6.